The maximum absolute atomic E-state index is 10.5. The number of aliphatic hydroxyl groups excluding tert-OH is 1. The molecule has 1 saturated heterocycles. The molecule has 0 amide bonds. The van der Waals surface area contributed by atoms with Crippen molar-refractivity contribution in [3.8, 4) is 11.1 Å². The number of aliphatic hydroxyl groups is 1. The van der Waals surface area contributed by atoms with Gasteiger partial charge in [0.1, 0.15) is 0 Å². The molecule has 3 rings (SSSR count). The first-order valence-corrected chi connectivity index (χ1v) is 7.55. The van der Waals surface area contributed by atoms with E-state index < -0.39 is 11.7 Å². The third-order valence-corrected chi connectivity index (χ3v) is 4.11. The van der Waals surface area contributed by atoms with Gasteiger partial charge in [-0.25, -0.2) is 0 Å². The van der Waals surface area contributed by atoms with Crippen LogP contribution in [0, 0.1) is 10.3 Å². The molecule has 5 nitrogen and oxygen atoms in total. The summed E-state index contributed by atoms with van der Waals surface area (Å²) in [5.41, 5.74) is 2.47. The summed E-state index contributed by atoms with van der Waals surface area (Å²) in [4.78, 5) is 10.5. The van der Waals surface area contributed by atoms with Gasteiger partial charge in [-0.2, -0.15) is 4.91 Å². The summed E-state index contributed by atoms with van der Waals surface area (Å²) >= 11 is 0. The molecule has 1 heterocycles. The monoisotopic (exact) mass is 313 g/mol. The molecule has 5 heteroatoms. The Morgan fingerprint density at radius 2 is 1.61 bits per heavy atom. The van der Waals surface area contributed by atoms with Crippen LogP contribution in [0.25, 0.3) is 11.1 Å². The molecule has 2 aromatic rings. The molecule has 1 aliphatic rings. The maximum Gasteiger partial charge on any atom is 0.183 e. The Morgan fingerprint density at radius 3 is 2.17 bits per heavy atom. The van der Waals surface area contributed by atoms with Gasteiger partial charge in [0.25, 0.3) is 0 Å². The third-order valence-electron chi connectivity index (χ3n) is 4.11. The zero-order valence-electron chi connectivity index (χ0n) is 12.7. The second-order valence-corrected chi connectivity index (χ2v) is 5.89. The first-order valence-electron chi connectivity index (χ1n) is 7.55. The lowest BCUT2D eigenvalue weighted by Gasteiger charge is -2.37. The van der Waals surface area contributed by atoms with Crippen LogP contribution in [0.3, 0.4) is 0 Å². The Bertz CT molecular complexity index is 634. The molecule has 23 heavy (non-hydrogen) atoms. The van der Waals surface area contributed by atoms with E-state index in [1.54, 1.807) is 0 Å². The molecule has 0 aliphatic carbocycles. The van der Waals surface area contributed by atoms with Gasteiger partial charge in [0, 0.05) is 5.56 Å². The molecular formula is C18H19NO4. The van der Waals surface area contributed by atoms with Crippen molar-refractivity contribution in [3.05, 3.63) is 65.1 Å². The molecule has 0 spiro atoms. The lowest BCUT2D eigenvalue weighted by atomic mass is 9.90. The van der Waals surface area contributed by atoms with E-state index in [0.717, 1.165) is 16.7 Å². The molecule has 1 aliphatic heterocycles. The smallest absolute Gasteiger partial charge is 0.183 e. The minimum Gasteiger partial charge on any atom is -0.396 e. The predicted molar refractivity (Wildman–Crippen MR) is 86.7 cm³/mol. The van der Waals surface area contributed by atoms with Crippen molar-refractivity contribution in [2.24, 2.45) is 10.6 Å². The number of benzene rings is 2. The molecule has 0 saturated carbocycles. The van der Waals surface area contributed by atoms with Crippen molar-refractivity contribution < 1.29 is 14.6 Å². The highest BCUT2D eigenvalue weighted by atomic mass is 16.7. The van der Waals surface area contributed by atoms with Crippen molar-refractivity contribution in [1.82, 2.24) is 0 Å². The first kappa shape index (κ1) is 15.8. The number of hydrogen-bond donors (Lipinski definition) is 1. The lowest BCUT2D eigenvalue weighted by molar-refractivity contribution is -0.238. The minimum atomic E-state index is -0.720. The van der Waals surface area contributed by atoms with Crippen LogP contribution in [0.1, 0.15) is 11.9 Å². The van der Waals surface area contributed by atoms with Crippen LogP contribution in [0.4, 0.5) is 0 Å². The molecule has 2 aromatic carbocycles. The standard InChI is InChI=1S/C18H19NO4/c20-11-18(10-19-21)12-22-17(23-13-18)16-8-6-15(7-9-16)14-4-2-1-3-5-14/h1-9,17,20H,10-13H2. The first-order chi connectivity index (χ1) is 11.3. The molecule has 0 atom stereocenters. The highest BCUT2D eigenvalue weighted by Gasteiger charge is 2.37. The van der Waals surface area contributed by atoms with Gasteiger partial charge >= 0.3 is 0 Å². The van der Waals surface area contributed by atoms with E-state index in [-0.39, 0.29) is 26.4 Å². The fourth-order valence-corrected chi connectivity index (χ4v) is 2.62. The fraction of sp³-hybridized carbons (Fsp3) is 0.333. The Balaban J connectivity index is 1.68. The van der Waals surface area contributed by atoms with Crippen LogP contribution in [0.15, 0.2) is 59.8 Å². The number of hydrogen-bond acceptors (Lipinski definition) is 5. The lowest BCUT2D eigenvalue weighted by Crippen LogP contribution is -2.43. The molecule has 1 fully saturated rings. The molecule has 1 N–H and O–H groups in total. The Morgan fingerprint density at radius 1 is 1.00 bits per heavy atom. The van der Waals surface area contributed by atoms with E-state index in [0.29, 0.717) is 0 Å². The minimum absolute atomic E-state index is 0.0107. The average Bonchev–Trinajstić information content (AvgIpc) is 2.63. The van der Waals surface area contributed by atoms with Crippen LogP contribution in [-0.4, -0.2) is 31.5 Å². The van der Waals surface area contributed by atoms with Crippen molar-refractivity contribution in [1.29, 1.82) is 0 Å². The van der Waals surface area contributed by atoms with Gasteiger partial charge in [-0.05, 0) is 11.1 Å². The zero-order chi connectivity index (χ0) is 16.1. The van der Waals surface area contributed by atoms with Crippen LogP contribution in [0.5, 0.6) is 0 Å². The molecule has 0 aromatic heterocycles. The van der Waals surface area contributed by atoms with Crippen LogP contribution in [-0.2, 0) is 9.47 Å². The molecule has 0 radical (unpaired) electrons. The van der Waals surface area contributed by atoms with Crippen molar-refractivity contribution in [2.45, 2.75) is 6.29 Å². The van der Waals surface area contributed by atoms with Gasteiger partial charge in [-0.15, -0.1) is 0 Å². The largest absolute Gasteiger partial charge is 0.396 e. The summed E-state index contributed by atoms with van der Waals surface area (Å²) in [5.74, 6) is 0. The van der Waals surface area contributed by atoms with E-state index in [9.17, 15) is 10.0 Å². The van der Waals surface area contributed by atoms with E-state index in [4.69, 9.17) is 9.47 Å². The summed E-state index contributed by atoms with van der Waals surface area (Å²) in [6.07, 6.45) is -0.480. The van der Waals surface area contributed by atoms with Gasteiger partial charge in [-0.3, -0.25) is 0 Å². The van der Waals surface area contributed by atoms with Crippen LogP contribution in [0.2, 0.25) is 0 Å². The van der Waals surface area contributed by atoms with Gasteiger partial charge in [0.15, 0.2) is 6.29 Å². The van der Waals surface area contributed by atoms with Gasteiger partial charge in [0.2, 0.25) is 0 Å². The Kier molecular flexibility index (Phi) is 4.81. The van der Waals surface area contributed by atoms with E-state index in [2.05, 4.69) is 17.3 Å². The van der Waals surface area contributed by atoms with Gasteiger partial charge in [0.05, 0.1) is 31.8 Å². The third kappa shape index (κ3) is 3.47. The fourth-order valence-electron chi connectivity index (χ4n) is 2.62. The van der Waals surface area contributed by atoms with Crippen molar-refractivity contribution in [3.63, 3.8) is 0 Å². The molecular weight excluding hydrogens is 294 g/mol. The normalized spacial score (nSPS) is 24.3. The van der Waals surface area contributed by atoms with Crippen LogP contribution >= 0.6 is 0 Å². The van der Waals surface area contributed by atoms with Crippen molar-refractivity contribution in [2.75, 3.05) is 26.4 Å². The quantitative estimate of drug-likeness (QED) is 0.861. The van der Waals surface area contributed by atoms with E-state index >= 15 is 0 Å². The van der Waals surface area contributed by atoms with Crippen LogP contribution < -0.4 is 0 Å². The van der Waals surface area contributed by atoms with Gasteiger partial charge in [-0.1, -0.05) is 59.8 Å². The number of rotatable bonds is 5. The maximum atomic E-state index is 10.5. The summed E-state index contributed by atoms with van der Waals surface area (Å²) in [6, 6.07) is 18.1. The SMILES string of the molecule is O=NCC1(CO)COC(c2ccc(-c3ccccc3)cc2)OC1. The summed E-state index contributed by atoms with van der Waals surface area (Å²) in [6.45, 7) is 0.308. The summed E-state index contributed by atoms with van der Waals surface area (Å²) in [5, 5.41) is 12.3. The Hall–Kier alpha value is -2.08. The highest BCUT2D eigenvalue weighted by Crippen LogP contribution is 2.32. The second kappa shape index (κ2) is 7.00. The zero-order valence-corrected chi connectivity index (χ0v) is 12.7. The van der Waals surface area contributed by atoms with Gasteiger partial charge < -0.3 is 14.6 Å². The number of nitroso groups, excluding NO2 is 1. The topological polar surface area (TPSA) is 68.1 Å². The second-order valence-electron chi connectivity index (χ2n) is 5.89. The number of ether oxygens (including phenoxy) is 2. The highest BCUT2D eigenvalue weighted by molar-refractivity contribution is 5.63. The van der Waals surface area contributed by atoms with E-state index in [1.807, 2.05) is 42.5 Å². The molecule has 120 valence electrons. The Labute approximate surface area is 134 Å². The number of nitrogens with zero attached hydrogens (tertiary/aromatic N) is 1. The average molecular weight is 313 g/mol. The summed E-state index contributed by atoms with van der Waals surface area (Å²) < 4.78 is 11.4. The summed E-state index contributed by atoms with van der Waals surface area (Å²) in [7, 11) is 0. The molecule has 0 bridgehead atoms. The van der Waals surface area contributed by atoms with Crippen molar-refractivity contribution >= 4 is 0 Å². The van der Waals surface area contributed by atoms with E-state index in [1.165, 1.54) is 0 Å². The molecule has 0 unspecified atom stereocenters. The predicted octanol–water partition coefficient (Wildman–Crippen LogP) is 3.14.